The summed E-state index contributed by atoms with van der Waals surface area (Å²) in [4.78, 5) is 0. The number of β-amino-alcohol motifs (C(OH)–C–C–N with tert-alkyl or cyclic N) is 1. The standard InChI is InChI=1S/C9H12ClNO3S2/c1-9(12)4-5-11(6-9)16(13,14)8-3-2-7(10)15-8/h2-3,12H,4-6H2,1H3. The maximum Gasteiger partial charge on any atom is 0.252 e. The molecule has 90 valence electrons. The molecule has 0 bridgehead atoms. The molecule has 0 spiro atoms. The van der Waals surface area contributed by atoms with Crippen molar-refractivity contribution in [3.05, 3.63) is 16.5 Å². The van der Waals surface area contributed by atoms with Gasteiger partial charge in [0.05, 0.1) is 9.94 Å². The predicted molar refractivity (Wildman–Crippen MR) is 63.3 cm³/mol. The highest BCUT2D eigenvalue weighted by Crippen LogP contribution is 2.31. The van der Waals surface area contributed by atoms with Crippen molar-refractivity contribution in [1.29, 1.82) is 0 Å². The summed E-state index contributed by atoms with van der Waals surface area (Å²) >= 11 is 6.75. The summed E-state index contributed by atoms with van der Waals surface area (Å²) < 4.78 is 26.2. The summed E-state index contributed by atoms with van der Waals surface area (Å²) in [6.07, 6.45) is 0.464. The van der Waals surface area contributed by atoms with E-state index in [-0.39, 0.29) is 10.8 Å². The molecule has 0 radical (unpaired) electrons. The summed E-state index contributed by atoms with van der Waals surface area (Å²) in [5.41, 5.74) is -0.922. The molecule has 1 aromatic rings. The second-order valence-electron chi connectivity index (χ2n) is 4.14. The fraction of sp³-hybridized carbons (Fsp3) is 0.556. The number of halogens is 1. The number of nitrogens with zero attached hydrogens (tertiary/aromatic N) is 1. The van der Waals surface area contributed by atoms with Crippen LogP contribution in [0.5, 0.6) is 0 Å². The van der Waals surface area contributed by atoms with Crippen LogP contribution < -0.4 is 0 Å². The lowest BCUT2D eigenvalue weighted by molar-refractivity contribution is 0.0762. The van der Waals surface area contributed by atoms with Crippen LogP contribution in [0.1, 0.15) is 13.3 Å². The van der Waals surface area contributed by atoms with Gasteiger partial charge in [0.1, 0.15) is 4.21 Å². The molecule has 1 saturated heterocycles. The second kappa shape index (κ2) is 3.96. The van der Waals surface area contributed by atoms with E-state index in [0.29, 0.717) is 17.3 Å². The molecule has 7 heteroatoms. The molecule has 2 heterocycles. The van der Waals surface area contributed by atoms with Gasteiger partial charge in [-0.05, 0) is 25.5 Å². The Morgan fingerprint density at radius 2 is 2.25 bits per heavy atom. The Labute approximate surface area is 104 Å². The molecular weight excluding hydrogens is 270 g/mol. The summed E-state index contributed by atoms with van der Waals surface area (Å²) in [5, 5.41) is 9.75. The first-order valence-corrected chi connectivity index (χ1v) is 7.43. The quantitative estimate of drug-likeness (QED) is 0.895. The van der Waals surface area contributed by atoms with E-state index in [4.69, 9.17) is 11.6 Å². The van der Waals surface area contributed by atoms with E-state index in [2.05, 4.69) is 0 Å². The van der Waals surface area contributed by atoms with Crippen molar-refractivity contribution in [1.82, 2.24) is 4.31 Å². The van der Waals surface area contributed by atoms with Crippen LogP contribution >= 0.6 is 22.9 Å². The van der Waals surface area contributed by atoms with E-state index in [1.54, 1.807) is 13.0 Å². The molecule has 16 heavy (non-hydrogen) atoms. The minimum atomic E-state index is -3.48. The second-order valence-corrected chi connectivity index (χ2v) is 8.02. The number of hydrogen-bond donors (Lipinski definition) is 1. The van der Waals surface area contributed by atoms with Crippen LogP contribution in [0, 0.1) is 0 Å². The Hall–Kier alpha value is -0.140. The van der Waals surface area contributed by atoms with E-state index in [1.165, 1.54) is 10.4 Å². The van der Waals surface area contributed by atoms with Crippen LogP contribution in [0.15, 0.2) is 16.3 Å². The van der Waals surface area contributed by atoms with Crippen LogP contribution in [-0.4, -0.2) is 36.5 Å². The molecule has 0 aromatic carbocycles. The van der Waals surface area contributed by atoms with Crippen molar-refractivity contribution in [2.24, 2.45) is 0 Å². The molecule has 1 fully saturated rings. The van der Waals surface area contributed by atoms with Gasteiger partial charge in [-0.1, -0.05) is 11.6 Å². The van der Waals surface area contributed by atoms with Gasteiger partial charge >= 0.3 is 0 Å². The van der Waals surface area contributed by atoms with E-state index in [0.717, 1.165) is 11.3 Å². The van der Waals surface area contributed by atoms with Crippen molar-refractivity contribution >= 4 is 33.0 Å². The number of rotatable bonds is 2. The van der Waals surface area contributed by atoms with Crippen LogP contribution in [0.4, 0.5) is 0 Å². The third-order valence-corrected chi connectivity index (χ3v) is 6.10. The molecule has 0 saturated carbocycles. The summed E-state index contributed by atoms with van der Waals surface area (Å²) in [6.45, 7) is 2.14. The Morgan fingerprint density at radius 1 is 1.56 bits per heavy atom. The van der Waals surface area contributed by atoms with Gasteiger partial charge in [0.2, 0.25) is 0 Å². The highest BCUT2D eigenvalue weighted by molar-refractivity contribution is 7.91. The SMILES string of the molecule is CC1(O)CCN(S(=O)(=O)c2ccc(Cl)s2)C1. The van der Waals surface area contributed by atoms with Crippen molar-refractivity contribution in [3.8, 4) is 0 Å². The molecule has 0 amide bonds. The zero-order chi connectivity index (χ0) is 12.0. The van der Waals surface area contributed by atoms with Crippen LogP contribution in [0.25, 0.3) is 0 Å². The largest absolute Gasteiger partial charge is 0.389 e. The van der Waals surface area contributed by atoms with Gasteiger partial charge in [-0.2, -0.15) is 4.31 Å². The van der Waals surface area contributed by atoms with Crippen LogP contribution in [-0.2, 0) is 10.0 Å². The summed E-state index contributed by atoms with van der Waals surface area (Å²) in [6, 6.07) is 3.06. The molecule has 1 N–H and O–H groups in total. The fourth-order valence-electron chi connectivity index (χ4n) is 1.67. The monoisotopic (exact) mass is 281 g/mol. The minimum Gasteiger partial charge on any atom is -0.389 e. The Bertz CT molecular complexity index is 495. The van der Waals surface area contributed by atoms with Crippen molar-refractivity contribution in [2.45, 2.75) is 23.2 Å². The van der Waals surface area contributed by atoms with Crippen molar-refractivity contribution < 1.29 is 13.5 Å². The topological polar surface area (TPSA) is 57.6 Å². The lowest BCUT2D eigenvalue weighted by Crippen LogP contribution is -2.33. The Morgan fingerprint density at radius 3 is 2.69 bits per heavy atom. The Kier molecular flexibility index (Phi) is 3.05. The van der Waals surface area contributed by atoms with E-state index < -0.39 is 15.6 Å². The van der Waals surface area contributed by atoms with Crippen LogP contribution in [0.3, 0.4) is 0 Å². The van der Waals surface area contributed by atoms with E-state index in [9.17, 15) is 13.5 Å². The zero-order valence-corrected chi connectivity index (χ0v) is 11.1. The molecule has 1 aliphatic heterocycles. The number of hydrogen-bond acceptors (Lipinski definition) is 4. The van der Waals surface area contributed by atoms with E-state index in [1.807, 2.05) is 0 Å². The van der Waals surface area contributed by atoms with Crippen LogP contribution in [0.2, 0.25) is 4.34 Å². The highest BCUT2D eigenvalue weighted by atomic mass is 35.5. The summed E-state index contributed by atoms with van der Waals surface area (Å²) in [7, 11) is -3.48. The maximum atomic E-state index is 12.1. The first-order chi connectivity index (χ1) is 7.31. The first kappa shape index (κ1) is 12.3. The minimum absolute atomic E-state index is 0.144. The lowest BCUT2D eigenvalue weighted by Gasteiger charge is -2.17. The molecule has 1 aliphatic rings. The molecule has 1 unspecified atom stereocenters. The fourth-order valence-corrected chi connectivity index (χ4v) is 4.87. The molecule has 4 nitrogen and oxygen atoms in total. The normalized spacial score (nSPS) is 27.4. The zero-order valence-electron chi connectivity index (χ0n) is 8.68. The van der Waals surface area contributed by atoms with Crippen molar-refractivity contribution in [3.63, 3.8) is 0 Å². The van der Waals surface area contributed by atoms with Gasteiger partial charge in [0, 0.05) is 13.1 Å². The van der Waals surface area contributed by atoms with E-state index >= 15 is 0 Å². The van der Waals surface area contributed by atoms with Gasteiger partial charge in [0.25, 0.3) is 10.0 Å². The summed E-state index contributed by atoms with van der Waals surface area (Å²) in [5.74, 6) is 0. The number of sulfonamides is 1. The molecule has 1 aromatic heterocycles. The number of aliphatic hydroxyl groups is 1. The maximum absolute atomic E-state index is 12.1. The van der Waals surface area contributed by atoms with Gasteiger partial charge in [-0.15, -0.1) is 11.3 Å². The Balaban J connectivity index is 2.28. The van der Waals surface area contributed by atoms with Gasteiger partial charge in [-0.25, -0.2) is 8.42 Å². The third-order valence-electron chi connectivity index (χ3n) is 2.56. The molecular formula is C9H12ClNO3S2. The average molecular weight is 282 g/mol. The molecule has 0 aliphatic carbocycles. The first-order valence-electron chi connectivity index (χ1n) is 4.79. The molecule has 2 rings (SSSR count). The average Bonchev–Trinajstić information content (AvgIpc) is 2.72. The lowest BCUT2D eigenvalue weighted by atomic mass is 10.1. The van der Waals surface area contributed by atoms with Crippen molar-refractivity contribution in [2.75, 3.05) is 13.1 Å². The predicted octanol–water partition coefficient (Wildman–Crippen LogP) is 1.55. The van der Waals surface area contributed by atoms with Gasteiger partial charge < -0.3 is 5.11 Å². The van der Waals surface area contributed by atoms with Gasteiger partial charge in [-0.3, -0.25) is 0 Å². The van der Waals surface area contributed by atoms with Gasteiger partial charge in [0.15, 0.2) is 0 Å². The smallest absolute Gasteiger partial charge is 0.252 e. The highest BCUT2D eigenvalue weighted by Gasteiger charge is 2.38. The third kappa shape index (κ3) is 2.26. The number of thiophene rings is 1. The molecule has 1 atom stereocenters.